The summed E-state index contributed by atoms with van der Waals surface area (Å²) in [5, 5.41) is 9.88. The van der Waals surface area contributed by atoms with Gasteiger partial charge in [-0.3, -0.25) is 14.4 Å². The fourth-order valence-electron chi connectivity index (χ4n) is 3.59. The molecule has 1 unspecified atom stereocenters. The van der Waals surface area contributed by atoms with Crippen molar-refractivity contribution in [3.8, 4) is 0 Å². The number of rotatable bonds is 5. The van der Waals surface area contributed by atoms with Crippen molar-refractivity contribution in [2.75, 3.05) is 18.5 Å². The Morgan fingerprint density at radius 1 is 1.36 bits per heavy atom. The Bertz CT molecular complexity index is 717. The average molecular weight is 365 g/mol. The third-order valence-corrected chi connectivity index (χ3v) is 5.75. The van der Waals surface area contributed by atoms with Crippen LogP contribution in [0.25, 0.3) is 0 Å². The van der Waals surface area contributed by atoms with E-state index < -0.39 is 17.4 Å². The van der Waals surface area contributed by atoms with Crippen LogP contribution >= 0.6 is 11.6 Å². The molecule has 1 aliphatic heterocycles. The SMILES string of the molecule is CN(C(=O)CC1(C(=O)O)CCC1)C1CCN(c2ccccc2Cl)C1=O. The van der Waals surface area contributed by atoms with Crippen LogP contribution in [-0.4, -0.2) is 47.4 Å². The van der Waals surface area contributed by atoms with Gasteiger partial charge in [-0.1, -0.05) is 30.2 Å². The van der Waals surface area contributed by atoms with E-state index in [0.29, 0.717) is 36.5 Å². The van der Waals surface area contributed by atoms with E-state index >= 15 is 0 Å². The van der Waals surface area contributed by atoms with Crippen LogP contribution < -0.4 is 4.90 Å². The van der Waals surface area contributed by atoms with Crippen molar-refractivity contribution in [2.24, 2.45) is 5.41 Å². The molecule has 2 amide bonds. The van der Waals surface area contributed by atoms with E-state index in [1.807, 2.05) is 6.07 Å². The number of likely N-dealkylation sites (N-methyl/N-ethyl adjacent to an activating group) is 1. The summed E-state index contributed by atoms with van der Waals surface area (Å²) in [4.78, 5) is 39.8. The number of carbonyl (C=O) groups excluding carboxylic acids is 2. The highest BCUT2D eigenvalue weighted by molar-refractivity contribution is 6.34. The molecule has 2 fully saturated rings. The lowest BCUT2D eigenvalue weighted by molar-refractivity contribution is -0.159. The molecule has 0 aromatic heterocycles. The number of aliphatic carboxylic acids is 1. The van der Waals surface area contributed by atoms with Gasteiger partial charge in [0, 0.05) is 20.0 Å². The first-order chi connectivity index (χ1) is 11.9. The maximum atomic E-state index is 12.7. The second-order valence-electron chi connectivity index (χ2n) is 6.87. The summed E-state index contributed by atoms with van der Waals surface area (Å²) in [7, 11) is 1.58. The van der Waals surface area contributed by atoms with Crippen LogP contribution in [0.1, 0.15) is 32.1 Å². The minimum atomic E-state index is -0.949. The first-order valence-corrected chi connectivity index (χ1v) is 8.78. The first-order valence-electron chi connectivity index (χ1n) is 8.41. The molecular weight excluding hydrogens is 344 g/mol. The van der Waals surface area contributed by atoms with Crippen molar-refractivity contribution in [1.29, 1.82) is 0 Å². The number of anilines is 1. The van der Waals surface area contributed by atoms with Gasteiger partial charge in [-0.15, -0.1) is 0 Å². The molecule has 134 valence electrons. The summed E-state index contributed by atoms with van der Waals surface area (Å²) in [5.74, 6) is -1.39. The van der Waals surface area contributed by atoms with E-state index in [9.17, 15) is 19.5 Å². The molecule has 1 heterocycles. The summed E-state index contributed by atoms with van der Waals surface area (Å²) >= 11 is 6.17. The highest BCUT2D eigenvalue weighted by Crippen LogP contribution is 2.44. The van der Waals surface area contributed by atoms with Gasteiger partial charge in [0.05, 0.1) is 16.1 Å². The summed E-state index contributed by atoms with van der Waals surface area (Å²) < 4.78 is 0. The lowest BCUT2D eigenvalue weighted by Crippen LogP contribution is -2.47. The average Bonchev–Trinajstić information content (AvgIpc) is 2.91. The third-order valence-electron chi connectivity index (χ3n) is 5.44. The van der Waals surface area contributed by atoms with Crippen LogP contribution in [0, 0.1) is 5.41 Å². The molecule has 1 aromatic carbocycles. The summed E-state index contributed by atoms with van der Waals surface area (Å²) in [6.45, 7) is 0.481. The zero-order chi connectivity index (χ0) is 18.2. The normalized spacial score (nSPS) is 21.8. The van der Waals surface area contributed by atoms with Crippen molar-refractivity contribution >= 4 is 35.1 Å². The standard InChI is InChI=1S/C18H21ClN2O4/c1-20(15(22)11-18(17(24)25)8-4-9-18)14-7-10-21(16(14)23)13-6-3-2-5-12(13)19/h2-3,5-6,14H,4,7-11H2,1H3,(H,24,25). The van der Waals surface area contributed by atoms with E-state index in [4.69, 9.17) is 11.6 Å². The largest absolute Gasteiger partial charge is 0.481 e. The van der Waals surface area contributed by atoms with E-state index in [0.717, 1.165) is 6.42 Å². The van der Waals surface area contributed by atoms with Crippen LogP contribution in [0.2, 0.25) is 5.02 Å². The number of hydrogen-bond donors (Lipinski definition) is 1. The molecule has 1 saturated heterocycles. The van der Waals surface area contributed by atoms with Gasteiger partial charge in [-0.05, 0) is 31.4 Å². The van der Waals surface area contributed by atoms with Crippen LogP contribution in [0.5, 0.6) is 0 Å². The molecule has 3 rings (SSSR count). The summed E-state index contributed by atoms with van der Waals surface area (Å²) in [6, 6.07) is 6.53. The number of para-hydroxylation sites is 1. The molecule has 1 saturated carbocycles. The second-order valence-corrected chi connectivity index (χ2v) is 7.27. The Kier molecular flexibility index (Phi) is 4.73. The van der Waals surface area contributed by atoms with Gasteiger partial charge in [0.1, 0.15) is 6.04 Å². The van der Waals surface area contributed by atoms with Gasteiger partial charge >= 0.3 is 5.97 Å². The van der Waals surface area contributed by atoms with Crippen molar-refractivity contribution < 1.29 is 19.5 Å². The van der Waals surface area contributed by atoms with Crippen molar-refractivity contribution in [2.45, 2.75) is 38.1 Å². The van der Waals surface area contributed by atoms with E-state index in [1.165, 1.54) is 4.90 Å². The Labute approximate surface area is 151 Å². The highest BCUT2D eigenvalue weighted by atomic mass is 35.5. The molecule has 1 aliphatic carbocycles. The van der Waals surface area contributed by atoms with Crippen molar-refractivity contribution in [3.05, 3.63) is 29.3 Å². The van der Waals surface area contributed by atoms with Crippen molar-refractivity contribution in [1.82, 2.24) is 4.90 Å². The number of nitrogens with zero attached hydrogens (tertiary/aromatic N) is 2. The van der Waals surface area contributed by atoms with Gasteiger partial charge in [0.15, 0.2) is 0 Å². The molecule has 7 heteroatoms. The predicted molar refractivity (Wildman–Crippen MR) is 93.5 cm³/mol. The minimum Gasteiger partial charge on any atom is -0.481 e. The molecule has 0 spiro atoms. The molecule has 1 N–H and O–H groups in total. The lowest BCUT2D eigenvalue weighted by atomic mass is 9.66. The van der Waals surface area contributed by atoms with Crippen LogP contribution in [0.3, 0.4) is 0 Å². The Balaban J connectivity index is 1.70. The monoisotopic (exact) mass is 364 g/mol. The van der Waals surface area contributed by atoms with Crippen LogP contribution in [0.4, 0.5) is 5.69 Å². The predicted octanol–water partition coefficient (Wildman–Crippen LogP) is 2.55. The molecule has 2 aliphatic rings. The Morgan fingerprint density at radius 3 is 2.60 bits per heavy atom. The molecule has 0 radical (unpaired) electrons. The summed E-state index contributed by atoms with van der Waals surface area (Å²) in [5.41, 5.74) is -0.311. The number of carboxylic acids is 1. The fourth-order valence-corrected chi connectivity index (χ4v) is 3.83. The molecule has 1 aromatic rings. The third kappa shape index (κ3) is 3.11. The zero-order valence-electron chi connectivity index (χ0n) is 14.1. The second kappa shape index (κ2) is 6.67. The molecule has 25 heavy (non-hydrogen) atoms. The number of halogens is 1. The van der Waals surface area contributed by atoms with E-state index in [1.54, 1.807) is 30.1 Å². The summed E-state index contributed by atoms with van der Waals surface area (Å²) in [6.07, 6.45) is 2.32. The van der Waals surface area contributed by atoms with Gasteiger partial charge in [0.2, 0.25) is 11.8 Å². The first kappa shape index (κ1) is 17.7. The van der Waals surface area contributed by atoms with Gasteiger partial charge in [0.25, 0.3) is 0 Å². The Hall–Kier alpha value is -2.08. The topological polar surface area (TPSA) is 77.9 Å². The molecule has 6 nitrogen and oxygen atoms in total. The zero-order valence-corrected chi connectivity index (χ0v) is 14.8. The van der Waals surface area contributed by atoms with E-state index in [-0.39, 0.29) is 18.2 Å². The maximum absolute atomic E-state index is 12.7. The number of carboxylic acid groups (broad SMARTS) is 1. The van der Waals surface area contributed by atoms with Gasteiger partial charge < -0.3 is 14.9 Å². The fraction of sp³-hybridized carbons (Fsp3) is 0.500. The Morgan fingerprint density at radius 2 is 2.04 bits per heavy atom. The number of amides is 2. The molecular formula is C18H21ClN2O4. The smallest absolute Gasteiger partial charge is 0.310 e. The van der Waals surface area contributed by atoms with Crippen molar-refractivity contribution in [3.63, 3.8) is 0 Å². The molecule has 0 bridgehead atoms. The quantitative estimate of drug-likeness (QED) is 0.870. The maximum Gasteiger partial charge on any atom is 0.310 e. The highest BCUT2D eigenvalue weighted by Gasteiger charge is 2.47. The number of hydrogen-bond acceptors (Lipinski definition) is 3. The minimum absolute atomic E-state index is 0.0469. The van der Waals surface area contributed by atoms with Gasteiger partial charge in [-0.25, -0.2) is 0 Å². The van der Waals surface area contributed by atoms with Crippen LogP contribution in [-0.2, 0) is 14.4 Å². The van der Waals surface area contributed by atoms with Gasteiger partial charge in [-0.2, -0.15) is 0 Å². The number of carbonyl (C=O) groups is 3. The molecule has 1 atom stereocenters. The number of benzene rings is 1. The van der Waals surface area contributed by atoms with E-state index in [2.05, 4.69) is 0 Å². The van der Waals surface area contributed by atoms with Crippen LogP contribution in [0.15, 0.2) is 24.3 Å². The lowest BCUT2D eigenvalue weighted by Gasteiger charge is -2.38.